The van der Waals surface area contributed by atoms with Crippen LogP contribution in [0.5, 0.6) is 0 Å². The summed E-state index contributed by atoms with van der Waals surface area (Å²) in [6, 6.07) is 4.33. The molecule has 8 heteroatoms. The Bertz CT molecular complexity index is 702. The second kappa shape index (κ2) is 5.22. The molecule has 0 radical (unpaired) electrons. The molecule has 1 N–H and O–H groups in total. The Morgan fingerprint density at radius 3 is 2.37 bits per heavy atom. The Kier molecular flexibility index (Phi) is 3.81. The maximum atomic E-state index is 13.4. The van der Waals surface area contributed by atoms with E-state index in [1.54, 1.807) is 0 Å². The van der Waals surface area contributed by atoms with E-state index in [1.807, 2.05) is 4.72 Å². The summed E-state index contributed by atoms with van der Waals surface area (Å²) in [4.78, 5) is 3.48. The lowest BCUT2D eigenvalue weighted by Gasteiger charge is -2.09. The largest absolute Gasteiger partial charge is 0.274 e. The molecular formula is C11H7BrF2N2O2S. The summed E-state index contributed by atoms with van der Waals surface area (Å²) in [6.07, 6.45) is 2.47. The third-order valence-electron chi connectivity index (χ3n) is 2.19. The Labute approximate surface area is 116 Å². The van der Waals surface area contributed by atoms with E-state index in [1.165, 1.54) is 12.3 Å². The van der Waals surface area contributed by atoms with E-state index in [-0.39, 0.29) is 4.90 Å². The van der Waals surface area contributed by atoms with Crippen LogP contribution in [0.1, 0.15) is 0 Å². The van der Waals surface area contributed by atoms with E-state index in [0.29, 0.717) is 4.47 Å². The Morgan fingerprint density at radius 2 is 1.79 bits per heavy atom. The molecule has 2 rings (SSSR count). The van der Waals surface area contributed by atoms with Gasteiger partial charge < -0.3 is 0 Å². The third-order valence-corrected chi connectivity index (χ3v) is 3.94. The summed E-state index contributed by atoms with van der Waals surface area (Å²) in [6.45, 7) is 0. The second-order valence-corrected chi connectivity index (χ2v) is 6.14. The van der Waals surface area contributed by atoms with Gasteiger partial charge in [0.2, 0.25) is 0 Å². The highest BCUT2D eigenvalue weighted by atomic mass is 79.9. The van der Waals surface area contributed by atoms with Crippen molar-refractivity contribution in [1.82, 2.24) is 4.98 Å². The molecule has 0 aliphatic heterocycles. The molecule has 0 amide bonds. The predicted molar refractivity (Wildman–Crippen MR) is 69.1 cm³/mol. The molecule has 100 valence electrons. The minimum atomic E-state index is -4.10. The zero-order valence-electron chi connectivity index (χ0n) is 9.27. The summed E-state index contributed by atoms with van der Waals surface area (Å²) in [5, 5.41) is 0. The normalized spacial score (nSPS) is 11.3. The number of para-hydroxylation sites is 1. The molecule has 0 saturated carbocycles. The number of rotatable bonds is 3. The van der Waals surface area contributed by atoms with Crippen molar-refractivity contribution in [2.75, 3.05) is 4.72 Å². The quantitative estimate of drug-likeness (QED) is 0.927. The Balaban J connectivity index is 2.42. The van der Waals surface area contributed by atoms with Gasteiger partial charge >= 0.3 is 0 Å². The maximum absolute atomic E-state index is 13.4. The highest BCUT2D eigenvalue weighted by Gasteiger charge is 2.19. The maximum Gasteiger partial charge on any atom is 0.263 e. The molecule has 0 atom stereocenters. The topological polar surface area (TPSA) is 59.1 Å². The summed E-state index contributed by atoms with van der Waals surface area (Å²) in [5.74, 6) is -1.99. The van der Waals surface area contributed by atoms with Gasteiger partial charge in [-0.1, -0.05) is 6.07 Å². The molecule has 2 aromatic rings. The number of sulfonamides is 1. The van der Waals surface area contributed by atoms with Crippen LogP contribution in [0.4, 0.5) is 14.5 Å². The Hall–Kier alpha value is -1.54. The average Bonchev–Trinajstić information content (AvgIpc) is 2.34. The third kappa shape index (κ3) is 3.07. The number of halogens is 3. The fraction of sp³-hybridized carbons (Fsp3) is 0. The van der Waals surface area contributed by atoms with E-state index in [0.717, 1.165) is 24.4 Å². The van der Waals surface area contributed by atoms with Gasteiger partial charge in [0.05, 0.1) is 0 Å². The monoisotopic (exact) mass is 348 g/mol. The van der Waals surface area contributed by atoms with Crippen LogP contribution in [-0.4, -0.2) is 13.4 Å². The van der Waals surface area contributed by atoms with Crippen LogP contribution in [0, 0.1) is 11.6 Å². The first kappa shape index (κ1) is 13.9. The molecule has 1 aromatic heterocycles. The van der Waals surface area contributed by atoms with E-state index >= 15 is 0 Å². The number of benzene rings is 1. The number of aromatic nitrogens is 1. The van der Waals surface area contributed by atoms with Gasteiger partial charge in [0.25, 0.3) is 10.0 Å². The van der Waals surface area contributed by atoms with Crippen LogP contribution in [0.2, 0.25) is 0 Å². The molecule has 19 heavy (non-hydrogen) atoms. The molecule has 0 fully saturated rings. The summed E-state index contributed by atoms with van der Waals surface area (Å²) < 4.78 is 53.0. The van der Waals surface area contributed by atoms with Gasteiger partial charge in [-0.3, -0.25) is 9.71 Å². The van der Waals surface area contributed by atoms with Crippen molar-refractivity contribution in [3.8, 4) is 0 Å². The van der Waals surface area contributed by atoms with Gasteiger partial charge in [0.1, 0.15) is 22.2 Å². The number of nitrogens with zero attached hydrogens (tertiary/aromatic N) is 1. The van der Waals surface area contributed by atoms with E-state index < -0.39 is 27.3 Å². The van der Waals surface area contributed by atoms with Crippen LogP contribution >= 0.6 is 15.9 Å². The molecule has 0 unspecified atom stereocenters. The van der Waals surface area contributed by atoms with Gasteiger partial charge in [0, 0.05) is 16.9 Å². The first-order valence-electron chi connectivity index (χ1n) is 4.97. The van der Waals surface area contributed by atoms with Crippen molar-refractivity contribution in [3.63, 3.8) is 0 Å². The molecular weight excluding hydrogens is 342 g/mol. The lowest BCUT2D eigenvalue weighted by Crippen LogP contribution is -2.15. The molecule has 1 heterocycles. The van der Waals surface area contributed by atoms with Crippen LogP contribution in [0.3, 0.4) is 0 Å². The van der Waals surface area contributed by atoms with Crippen LogP contribution < -0.4 is 4.72 Å². The summed E-state index contributed by atoms with van der Waals surface area (Å²) >= 11 is 3.07. The van der Waals surface area contributed by atoms with Crippen molar-refractivity contribution in [3.05, 3.63) is 52.8 Å². The van der Waals surface area contributed by atoms with Crippen molar-refractivity contribution in [1.29, 1.82) is 0 Å². The molecule has 4 nitrogen and oxygen atoms in total. The zero-order chi connectivity index (χ0) is 14.0. The lowest BCUT2D eigenvalue weighted by molar-refractivity contribution is 0.582. The summed E-state index contributed by atoms with van der Waals surface area (Å²) in [5.41, 5.74) is -0.720. The number of nitrogens with one attached hydrogen (secondary N) is 1. The zero-order valence-corrected chi connectivity index (χ0v) is 11.7. The fourth-order valence-electron chi connectivity index (χ4n) is 1.33. The first-order chi connectivity index (χ1) is 8.90. The molecule has 0 aliphatic carbocycles. The highest BCUT2D eigenvalue weighted by molar-refractivity contribution is 9.10. The first-order valence-corrected chi connectivity index (χ1v) is 7.25. The SMILES string of the molecule is O=S(=O)(Nc1c(F)cccc1F)c1cncc(Br)c1. The molecule has 0 spiro atoms. The molecule has 1 aromatic carbocycles. The van der Waals surface area contributed by atoms with Crippen molar-refractivity contribution in [2.24, 2.45) is 0 Å². The Morgan fingerprint density at radius 1 is 1.16 bits per heavy atom. The van der Waals surface area contributed by atoms with E-state index in [9.17, 15) is 17.2 Å². The average molecular weight is 349 g/mol. The standard InChI is InChI=1S/C11H7BrF2N2O2S/c12-7-4-8(6-15-5-7)19(17,18)16-11-9(13)2-1-3-10(11)14/h1-6,16H. The molecule has 0 aliphatic rings. The van der Waals surface area contributed by atoms with E-state index in [2.05, 4.69) is 20.9 Å². The summed E-state index contributed by atoms with van der Waals surface area (Å²) in [7, 11) is -4.10. The van der Waals surface area contributed by atoms with Crippen molar-refractivity contribution in [2.45, 2.75) is 4.90 Å². The minimum Gasteiger partial charge on any atom is -0.274 e. The van der Waals surface area contributed by atoms with Gasteiger partial charge in [-0.15, -0.1) is 0 Å². The van der Waals surface area contributed by atoms with Crippen molar-refractivity contribution >= 4 is 31.6 Å². The van der Waals surface area contributed by atoms with Crippen molar-refractivity contribution < 1.29 is 17.2 Å². The highest BCUT2D eigenvalue weighted by Crippen LogP contribution is 2.23. The van der Waals surface area contributed by atoms with Crippen LogP contribution in [-0.2, 0) is 10.0 Å². The van der Waals surface area contributed by atoms with Gasteiger partial charge in [-0.05, 0) is 34.1 Å². The van der Waals surface area contributed by atoms with Gasteiger partial charge in [-0.2, -0.15) is 0 Å². The minimum absolute atomic E-state index is 0.204. The van der Waals surface area contributed by atoms with Gasteiger partial charge in [-0.25, -0.2) is 17.2 Å². The van der Waals surface area contributed by atoms with Crippen LogP contribution in [0.25, 0.3) is 0 Å². The predicted octanol–water partition coefficient (Wildman–Crippen LogP) is 2.92. The second-order valence-electron chi connectivity index (χ2n) is 3.54. The lowest BCUT2D eigenvalue weighted by atomic mass is 10.3. The number of hydrogen-bond acceptors (Lipinski definition) is 3. The van der Waals surface area contributed by atoms with E-state index in [4.69, 9.17) is 0 Å². The molecule has 0 bridgehead atoms. The number of hydrogen-bond donors (Lipinski definition) is 1. The fourth-order valence-corrected chi connectivity index (χ4v) is 2.91. The smallest absolute Gasteiger partial charge is 0.263 e. The number of pyridine rings is 1. The number of anilines is 1. The van der Waals surface area contributed by atoms with Gasteiger partial charge in [0.15, 0.2) is 0 Å². The van der Waals surface area contributed by atoms with Crippen LogP contribution in [0.15, 0.2) is 46.0 Å². The molecule has 0 saturated heterocycles.